The molecule has 3 N–H and O–H groups in total. The van der Waals surface area contributed by atoms with E-state index in [0.29, 0.717) is 35.1 Å². The highest BCUT2D eigenvalue weighted by Crippen LogP contribution is 2.36. The number of nitrogens with one attached hydrogen (secondary N) is 1. The second-order valence-electron chi connectivity index (χ2n) is 6.45. The molecule has 1 aliphatic heterocycles. The zero-order valence-electron chi connectivity index (χ0n) is 16.6. The molecule has 0 spiro atoms. The Kier molecular flexibility index (Phi) is 8.57. The van der Waals surface area contributed by atoms with Crippen LogP contribution in [0.2, 0.25) is 0 Å². The molecule has 1 unspecified atom stereocenters. The third kappa shape index (κ3) is 5.53. The lowest BCUT2D eigenvalue weighted by molar-refractivity contribution is 0.0857. The van der Waals surface area contributed by atoms with Crippen LogP contribution in [0.15, 0.2) is 36.4 Å². The summed E-state index contributed by atoms with van der Waals surface area (Å²) >= 11 is 0. The van der Waals surface area contributed by atoms with Crippen molar-refractivity contribution in [1.82, 2.24) is 5.32 Å². The molecule has 2 aromatic rings. The van der Waals surface area contributed by atoms with Crippen LogP contribution in [0.4, 0.5) is 0 Å². The van der Waals surface area contributed by atoms with Gasteiger partial charge >= 0.3 is 0 Å². The Morgan fingerprint density at radius 3 is 2.55 bits per heavy atom. The molecule has 7 nitrogen and oxygen atoms in total. The van der Waals surface area contributed by atoms with Crippen molar-refractivity contribution in [3.05, 3.63) is 47.5 Å². The molecule has 0 saturated carbocycles. The number of halogens is 1. The van der Waals surface area contributed by atoms with E-state index < -0.39 is 0 Å². The minimum Gasteiger partial charge on any atom is -0.496 e. The van der Waals surface area contributed by atoms with Crippen molar-refractivity contribution in [2.75, 3.05) is 27.4 Å². The Bertz CT molecular complexity index is 825. The third-order valence-electron chi connectivity index (χ3n) is 4.67. The van der Waals surface area contributed by atoms with Gasteiger partial charge in [-0.1, -0.05) is 6.07 Å². The summed E-state index contributed by atoms with van der Waals surface area (Å²) in [4.78, 5) is 12.5. The molecule has 1 aliphatic rings. The summed E-state index contributed by atoms with van der Waals surface area (Å²) in [6, 6.07) is 10.5. The molecule has 0 aromatic heterocycles. The minimum atomic E-state index is -0.187. The largest absolute Gasteiger partial charge is 0.496 e. The maximum Gasteiger partial charge on any atom is 0.251 e. The van der Waals surface area contributed by atoms with Crippen LogP contribution in [-0.2, 0) is 11.3 Å². The van der Waals surface area contributed by atoms with Gasteiger partial charge in [-0.25, -0.2) is 0 Å². The Morgan fingerprint density at radius 1 is 1.14 bits per heavy atom. The van der Waals surface area contributed by atoms with Gasteiger partial charge in [-0.05, 0) is 43.2 Å². The van der Waals surface area contributed by atoms with E-state index in [4.69, 9.17) is 24.7 Å². The van der Waals surface area contributed by atoms with Crippen molar-refractivity contribution in [2.24, 2.45) is 5.73 Å². The van der Waals surface area contributed by atoms with Crippen molar-refractivity contribution < 1.29 is 23.7 Å². The Labute approximate surface area is 176 Å². The van der Waals surface area contributed by atoms with Gasteiger partial charge in [0.2, 0.25) is 0 Å². The van der Waals surface area contributed by atoms with Gasteiger partial charge in [0.1, 0.15) is 11.5 Å². The Balaban J connectivity index is 0.00000300. The minimum absolute atomic E-state index is 0. The normalized spacial score (nSPS) is 15.3. The molecule has 1 amide bonds. The van der Waals surface area contributed by atoms with E-state index in [0.717, 1.165) is 25.0 Å². The lowest BCUT2D eigenvalue weighted by Gasteiger charge is -2.16. The van der Waals surface area contributed by atoms with Crippen molar-refractivity contribution in [3.8, 4) is 23.0 Å². The first-order valence-corrected chi connectivity index (χ1v) is 9.28. The number of carbonyl (C=O) groups is 1. The number of nitrogens with two attached hydrogens (primary N) is 1. The molecule has 8 heteroatoms. The fourth-order valence-electron chi connectivity index (χ4n) is 3.16. The number of benzene rings is 2. The molecule has 29 heavy (non-hydrogen) atoms. The Morgan fingerprint density at radius 2 is 1.90 bits per heavy atom. The molecule has 0 bridgehead atoms. The van der Waals surface area contributed by atoms with Gasteiger partial charge < -0.3 is 30.0 Å². The van der Waals surface area contributed by atoms with Crippen LogP contribution in [0.1, 0.15) is 28.8 Å². The molecular weight excluding hydrogens is 396 g/mol. The van der Waals surface area contributed by atoms with E-state index in [1.54, 1.807) is 38.5 Å². The summed E-state index contributed by atoms with van der Waals surface area (Å²) in [5.74, 6) is 1.95. The highest BCUT2D eigenvalue weighted by molar-refractivity contribution is 5.94. The Hall–Kier alpha value is -2.48. The summed E-state index contributed by atoms with van der Waals surface area (Å²) in [5, 5.41) is 2.91. The zero-order chi connectivity index (χ0) is 19.9. The standard InChI is InChI=1S/C21H26N2O5.ClH/c1-25-17-6-3-7-18(16(17)12-22)28-20-11-14(8-9-19(20)26-2)21(24)23-13-15-5-4-10-27-15;/h3,6-9,11,15H,4-5,10,12-13,22H2,1-2H3,(H,23,24);1H. The topological polar surface area (TPSA) is 92.0 Å². The maximum atomic E-state index is 12.5. The maximum absolute atomic E-state index is 12.5. The summed E-state index contributed by atoms with van der Waals surface area (Å²) < 4.78 is 22.3. The zero-order valence-corrected chi connectivity index (χ0v) is 17.4. The molecule has 2 aromatic carbocycles. The van der Waals surface area contributed by atoms with Gasteiger partial charge in [0, 0.05) is 25.3 Å². The average Bonchev–Trinajstić information content (AvgIpc) is 3.25. The molecule has 1 saturated heterocycles. The lowest BCUT2D eigenvalue weighted by Crippen LogP contribution is -2.31. The SMILES string of the molecule is COc1ccc(C(=O)NCC2CCCO2)cc1Oc1cccc(OC)c1CN.Cl. The van der Waals surface area contributed by atoms with Gasteiger partial charge in [0.25, 0.3) is 5.91 Å². The van der Waals surface area contributed by atoms with E-state index in [2.05, 4.69) is 5.32 Å². The quantitative estimate of drug-likeness (QED) is 0.678. The second-order valence-corrected chi connectivity index (χ2v) is 6.45. The van der Waals surface area contributed by atoms with Gasteiger partial charge in [0.05, 0.1) is 25.9 Å². The van der Waals surface area contributed by atoms with E-state index in [9.17, 15) is 4.79 Å². The van der Waals surface area contributed by atoms with Crippen molar-refractivity contribution in [2.45, 2.75) is 25.5 Å². The van der Waals surface area contributed by atoms with Crippen LogP contribution in [-0.4, -0.2) is 39.4 Å². The summed E-state index contributed by atoms with van der Waals surface area (Å²) in [5.41, 5.74) is 7.08. The number of methoxy groups -OCH3 is 2. The van der Waals surface area contributed by atoms with Gasteiger partial charge in [0.15, 0.2) is 11.5 Å². The van der Waals surface area contributed by atoms with Crippen LogP contribution < -0.4 is 25.3 Å². The second kappa shape index (κ2) is 10.9. The smallest absolute Gasteiger partial charge is 0.251 e. The number of ether oxygens (including phenoxy) is 4. The number of rotatable bonds is 8. The van der Waals surface area contributed by atoms with Crippen molar-refractivity contribution >= 4 is 18.3 Å². The predicted octanol–water partition coefficient (Wildman–Crippen LogP) is 3.29. The molecule has 158 valence electrons. The number of hydrogen-bond donors (Lipinski definition) is 2. The molecule has 3 rings (SSSR count). The fraction of sp³-hybridized carbons (Fsp3) is 0.381. The summed E-state index contributed by atoms with van der Waals surface area (Å²) in [7, 11) is 3.13. The fourth-order valence-corrected chi connectivity index (χ4v) is 3.16. The van der Waals surface area contributed by atoms with Crippen LogP contribution in [0.5, 0.6) is 23.0 Å². The van der Waals surface area contributed by atoms with E-state index in [-0.39, 0.29) is 31.0 Å². The first-order valence-electron chi connectivity index (χ1n) is 9.28. The van der Waals surface area contributed by atoms with Gasteiger partial charge in [-0.3, -0.25) is 4.79 Å². The number of hydrogen-bond acceptors (Lipinski definition) is 6. The van der Waals surface area contributed by atoms with Crippen molar-refractivity contribution in [3.63, 3.8) is 0 Å². The molecule has 1 atom stereocenters. The highest BCUT2D eigenvalue weighted by Gasteiger charge is 2.18. The number of amides is 1. The van der Waals surface area contributed by atoms with Gasteiger partial charge in [-0.15, -0.1) is 12.4 Å². The summed E-state index contributed by atoms with van der Waals surface area (Å²) in [6.07, 6.45) is 2.09. The monoisotopic (exact) mass is 422 g/mol. The third-order valence-corrected chi connectivity index (χ3v) is 4.67. The molecule has 0 radical (unpaired) electrons. The molecular formula is C21H27ClN2O5. The van der Waals surface area contributed by atoms with Crippen LogP contribution in [0.25, 0.3) is 0 Å². The lowest BCUT2D eigenvalue weighted by atomic mass is 10.1. The van der Waals surface area contributed by atoms with Crippen LogP contribution in [0, 0.1) is 0 Å². The predicted molar refractivity (Wildman–Crippen MR) is 113 cm³/mol. The van der Waals surface area contributed by atoms with E-state index in [1.807, 2.05) is 12.1 Å². The first kappa shape index (κ1) is 22.8. The van der Waals surface area contributed by atoms with E-state index in [1.165, 1.54) is 0 Å². The van der Waals surface area contributed by atoms with Crippen LogP contribution >= 0.6 is 12.4 Å². The van der Waals surface area contributed by atoms with Gasteiger partial charge in [-0.2, -0.15) is 0 Å². The van der Waals surface area contributed by atoms with Crippen LogP contribution in [0.3, 0.4) is 0 Å². The first-order chi connectivity index (χ1) is 13.7. The summed E-state index contributed by atoms with van der Waals surface area (Å²) in [6.45, 7) is 1.50. The highest BCUT2D eigenvalue weighted by atomic mass is 35.5. The molecule has 0 aliphatic carbocycles. The molecule has 1 fully saturated rings. The van der Waals surface area contributed by atoms with Crippen molar-refractivity contribution in [1.29, 1.82) is 0 Å². The van der Waals surface area contributed by atoms with E-state index >= 15 is 0 Å². The average molecular weight is 423 g/mol. The molecule has 1 heterocycles. The number of carbonyl (C=O) groups excluding carboxylic acids is 1.